The minimum absolute atomic E-state index is 0.388. The molecule has 0 spiro atoms. The molecule has 3 aromatic rings. The summed E-state index contributed by atoms with van der Waals surface area (Å²) in [5.74, 6) is 1.91. The Morgan fingerprint density at radius 3 is 2.74 bits per heavy atom. The quantitative estimate of drug-likeness (QED) is 0.386. The number of rotatable bonds is 9. The van der Waals surface area contributed by atoms with E-state index in [0.29, 0.717) is 11.3 Å². The number of aromatic nitrogens is 4. The van der Waals surface area contributed by atoms with Gasteiger partial charge < -0.3 is 19.8 Å². The first kappa shape index (κ1) is 19.8. The summed E-state index contributed by atoms with van der Waals surface area (Å²) in [4.78, 5) is 14.1. The van der Waals surface area contributed by atoms with Crippen molar-refractivity contribution in [3.63, 3.8) is 0 Å². The molecule has 144 valence electrons. The molecule has 0 unspecified atom stereocenters. The van der Waals surface area contributed by atoms with Crippen LogP contribution in [0.15, 0.2) is 34.6 Å². The van der Waals surface area contributed by atoms with Crippen molar-refractivity contribution >= 4 is 44.7 Å². The minimum Gasteiger partial charge on any atom is -0.497 e. The summed E-state index contributed by atoms with van der Waals surface area (Å²) in [6.07, 6.45) is 4.77. The molecule has 2 N–H and O–H groups in total. The number of aryl methyl sites for hydroxylation is 1. The molecular formula is C18H22BrN5O2S. The Kier molecular flexibility index (Phi) is 6.78. The van der Waals surface area contributed by atoms with Crippen molar-refractivity contribution in [1.29, 1.82) is 0 Å². The van der Waals surface area contributed by atoms with Gasteiger partial charge in [0.05, 0.1) is 19.1 Å². The van der Waals surface area contributed by atoms with Gasteiger partial charge in [-0.2, -0.15) is 0 Å². The number of benzene rings is 1. The Morgan fingerprint density at radius 2 is 2.00 bits per heavy atom. The van der Waals surface area contributed by atoms with Crippen molar-refractivity contribution in [3.8, 4) is 11.5 Å². The monoisotopic (exact) mass is 451 g/mol. The van der Waals surface area contributed by atoms with Gasteiger partial charge in [0.25, 0.3) is 0 Å². The molecule has 0 aliphatic heterocycles. The molecule has 0 amide bonds. The molecule has 27 heavy (non-hydrogen) atoms. The maximum atomic E-state index is 6.02. The van der Waals surface area contributed by atoms with E-state index in [2.05, 4.69) is 30.5 Å². The van der Waals surface area contributed by atoms with E-state index >= 15 is 0 Å². The Hall–Kier alpha value is -2.00. The summed E-state index contributed by atoms with van der Waals surface area (Å²) < 4.78 is 12.9. The molecule has 2 aromatic heterocycles. The molecule has 2 heterocycles. The number of methoxy groups -OCH3 is 2. The number of hydrogen-bond acceptors (Lipinski definition) is 7. The Balaban J connectivity index is 1.99. The summed E-state index contributed by atoms with van der Waals surface area (Å²) >= 11 is 4.99. The molecule has 0 radical (unpaired) electrons. The fourth-order valence-electron chi connectivity index (χ4n) is 2.72. The summed E-state index contributed by atoms with van der Waals surface area (Å²) in [5.41, 5.74) is 7.41. The second kappa shape index (κ2) is 9.27. The third-order valence-electron chi connectivity index (χ3n) is 4.11. The summed E-state index contributed by atoms with van der Waals surface area (Å²) in [5, 5.41) is 1.82. The van der Waals surface area contributed by atoms with E-state index in [9.17, 15) is 0 Å². The highest BCUT2D eigenvalue weighted by Crippen LogP contribution is 2.38. The third kappa shape index (κ3) is 4.47. The lowest BCUT2D eigenvalue weighted by Gasteiger charge is -2.11. The molecule has 9 heteroatoms. The maximum absolute atomic E-state index is 6.02. The maximum Gasteiger partial charge on any atom is 0.175 e. The van der Waals surface area contributed by atoms with Gasteiger partial charge in [-0.3, -0.25) is 0 Å². The van der Waals surface area contributed by atoms with Crippen molar-refractivity contribution in [2.24, 2.45) is 0 Å². The van der Waals surface area contributed by atoms with E-state index in [-0.39, 0.29) is 0 Å². The Labute approximate surface area is 170 Å². The zero-order valence-corrected chi connectivity index (χ0v) is 17.7. The fourth-order valence-corrected chi connectivity index (χ4v) is 4.16. The zero-order chi connectivity index (χ0) is 19.2. The number of hydrogen-bond donors (Lipinski definition) is 1. The Morgan fingerprint density at radius 1 is 1.15 bits per heavy atom. The zero-order valence-electron chi connectivity index (χ0n) is 15.3. The van der Waals surface area contributed by atoms with Crippen molar-refractivity contribution in [2.45, 2.75) is 35.9 Å². The lowest BCUT2D eigenvalue weighted by Crippen LogP contribution is -2.02. The molecule has 0 saturated heterocycles. The average Bonchev–Trinajstić information content (AvgIpc) is 3.04. The lowest BCUT2D eigenvalue weighted by molar-refractivity contribution is 0.394. The lowest BCUT2D eigenvalue weighted by atomic mass is 10.2. The number of anilines is 1. The number of nitrogen functional groups attached to an aromatic ring is 1. The van der Waals surface area contributed by atoms with Gasteiger partial charge in [-0.15, -0.1) is 0 Å². The molecule has 0 saturated carbocycles. The first-order valence-electron chi connectivity index (χ1n) is 8.60. The highest BCUT2D eigenvalue weighted by atomic mass is 79.9. The van der Waals surface area contributed by atoms with Crippen LogP contribution in [-0.4, -0.2) is 39.1 Å². The van der Waals surface area contributed by atoms with Gasteiger partial charge in [0, 0.05) is 11.9 Å². The van der Waals surface area contributed by atoms with Gasteiger partial charge in [-0.25, -0.2) is 15.0 Å². The highest BCUT2D eigenvalue weighted by molar-refractivity contribution is 9.09. The van der Waals surface area contributed by atoms with Crippen LogP contribution >= 0.6 is 27.7 Å². The first-order chi connectivity index (χ1) is 13.2. The van der Waals surface area contributed by atoms with Crippen LogP contribution in [0.5, 0.6) is 11.5 Å². The molecule has 0 bridgehead atoms. The van der Waals surface area contributed by atoms with Gasteiger partial charge in [-0.05, 0) is 42.8 Å². The van der Waals surface area contributed by atoms with Crippen LogP contribution in [0.25, 0.3) is 11.2 Å². The molecule has 3 rings (SSSR count). The van der Waals surface area contributed by atoms with Crippen LogP contribution in [0, 0.1) is 0 Å². The van der Waals surface area contributed by atoms with Crippen LogP contribution in [0.3, 0.4) is 0 Å². The van der Waals surface area contributed by atoms with Crippen LogP contribution in [0.2, 0.25) is 0 Å². The van der Waals surface area contributed by atoms with Crippen LogP contribution < -0.4 is 15.2 Å². The van der Waals surface area contributed by atoms with Gasteiger partial charge >= 0.3 is 0 Å². The van der Waals surface area contributed by atoms with E-state index in [1.54, 1.807) is 14.2 Å². The second-order valence-corrected chi connectivity index (χ2v) is 7.65. The predicted octanol–water partition coefficient (Wildman–Crippen LogP) is 4.14. The third-order valence-corrected chi connectivity index (χ3v) is 5.71. The molecule has 0 aliphatic rings. The van der Waals surface area contributed by atoms with Crippen molar-refractivity contribution < 1.29 is 9.47 Å². The molecule has 0 atom stereocenters. The van der Waals surface area contributed by atoms with E-state index in [1.807, 2.05) is 18.2 Å². The standard InChI is InChI=1S/C18H22BrN5O2S/c1-25-12-6-7-13(26-2)14(10-12)27-18-23-15-16(20)21-11-22-17(15)24(18)9-5-3-4-8-19/h6-7,10-11H,3-5,8-9H2,1-2H3,(H2,20,21,22). The van der Waals surface area contributed by atoms with Crippen LogP contribution in [0.1, 0.15) is 19.3 Å². The molecule has 7 nitrogen and oxygen atoms in total. The van der Waals surface area contributed by atoms with Gasteiger partial charge in [0.1, 0.15) is 17.8 Å². The van der Waals surface area contributed by atoms with Gasteiger partial charge in [0.15, 0.2) is 22.1 Å². The number of fused-ring (bicyclic) bond motifs is 1. The number of nitrogens with two attached hydrogens (primary N) is 1. The predicted molar refractivity (Wildman–Crippen MR) is 111 cm³/mol. The minimum atomic E-state index is 0.388. The summed E-state index contributed by atoms with van der Waals surface area (Å²) in [6, 6.07) is 5.70. The number of alkyl halides is 1. The van der Waals surface area contributed by atoms with E-state index < -0.39 is 0 Å². The largest absolute Gasteiger partial charge is 0.497 e. The Bertz CT molecular complexity index is 918. The number of nitrogens with zero attached hydrogens (tertiary/aromatic N) is 4. The summed E-state index contributed by atoms with van der Waals surface area (Å²) in [6.45, 7) is 0.814. The number of halogens is 1. The topological polar surface area (TPSA) is 88.1 Å². The molecule has 0 aliphatic carbocycles. The smallest absolute Gasteiger partial charge is 0.175 e. The molecule has 0 fully saturated rings. The van der Waals surface area contributed by atoms with E-state index in [0.717, 1.165) is 58.3 Å². The van der Waals surface area contributed by atoms with E-state index in [4.69, 9.17) is 20.2 Å². The average molecular weight is 452 g/mol. The molecule has 1 aromatic carbocycles. The highest BCUT2D eigenvalue weighted by Gasteiger charge is 2.17. The van der Waals surface area contributed by atoms with E-state index in [1.165, 1.54) is 18.1 Å². The second-order valence-electron chi connectivity index (χ2n) is 5.85. The van der Waals surface area contributed by atoms with Crippen LogP contribution in [0.4, 0.5) is 5.82 Å². The van der Waals surface area contributed by atoms with Crippen molar-refractivity contribution in [1.82, 2.24) is 19.5 Å². The number of ether oxygens (including phenoxy) is 2. The van der Waals surface area contributed by atoms with Crippen LogP contribution in [-0.2, 0) is 6.54 Å². The fraction of sp³-hybridized carbons (Fsp3) is 0.389. The normalized spacial score (nSPS) is 11.1. The molecular weight excluding hydrogens is 430 g/mol. The van der Waals surface area contributed by atoms with Crippen molar-refractivity contribution in [2.75, 3.05) is 25.3 Å². The van der Waals surface area contributed by atoms with Gasteiger partial charge in [-0.1, -0.05) is 22.4 Å². The summed E-state index contributed by atoms with van der Waals surface area (Å²) in [7, 11) is 3.30. The number of imidazole rings is 1. The first-order valence-corrected chi connectivity index (χ1v) is 10.5. The number of unbranched alkanes of at least 4 members (excludes halogenated alkanes) is 2. The SMILES string of the molecule is COc1ccc(OC)c(Sc2nc3c(N)ncnc3n2CCCCCBr)c1. The van der Waals surface area contributed by atoms with Gasteiger partial charge in [0.2, 0.25) is 0 Å². The van der Waals surface area contributed by atoms with Crippen molar-refractivity contribution in [3.05, 3.63) is 24.5 Å².